The molecular weight excluding hydrogens is 176 g/mol. The van der Waals surface area contributed by atoms with Crippen molar-refractivity contribution in [1.82, 2.24) is 5.01 Å². The normalized spacial score (nSPS) is 26.8. The average molecular weight is 182 g/mol. The van der Waals surface area contributed by atoms with Gasteiger partial charge in [0.1, 0.15) is 15.8 Å². The van der Waals surface area contributed by atoms with E-state index in [1.807, 2.05) is 0 Å². The molecule has 0 saturated heterocycles. The topological polar surface area (TPSA) is 35.8 Å². The van der Waals surface area contributed by atoms with Crippen LogP contribution >= 0.6 is 37.0 Å². The van der Waals surface area contributed by atoms with Gasteiger partial charge in [-0.1, -0.05) is 11.8 Å². The summed E-state index contributed by atoms with van der Waals surface area (Å²) >= 11 is 9.47. The van der Waals surface area contributed by atoms with Crippen molar-refractivity contribution < 1.29 is 5.11 Å². The molecule has 1 unspecified atom stereocenters. The maximum absolute atomic E-state index is 8.58. The Hall–Kier alpha value is 0.480. The fourth-order valence-corrected chi connectivity index (χ4v) is 2.10. The molecule has 52 valence electrons. The van der Waals surface area contributed by atoms with Gasteiger partial charge in [0.15, 0.2) is 0 Å². The van der Waals surface area contributed by atoms with E-state index in [1.165, 1.54) is 16.8 Å². The van der Waals surface area contributed by atoms with Crippen LogP contribution in [0.5, 0.6) is 0 Å². The molecule has 0 radical (unpaired) electrons. The second kappa shape index (κ2) is 3.05. The maximum Gasteiger partial charge on any atom is 0.150 e. The van der Waals surface area contributed by atoms with Crippen LogP contribution in [-0.4, -0.2) is 25.9 Å². The van der Waals surface area contributed by atoms with Crippen LogP contribution in [0.4, 0.5) is 0 Å². The second-order valence-electron chi connectivity index (χ2n) is 1.41. The van der Waals surface area contributed by atoms with Crippen LogP contribution in [0.1, 0.15) is 0 Å². The van der Waals surface area contributed by atoms with Gasteiger partial charge in [-0.25, -0.2) is 5.01 Å². The Morgan fingerprint density at radius 1 is 1.89 bits per heavy atom. The lowest BCUT2D eigenvalue weighted by molar-refractivity contribution is 0.126. The molecule has 0 bridgehead atoms. The van der Waals surface area contributed by atoms with Gasteiger partial charge < -0.3 is 5.11 Å². The third-order valence-corrected chi connectivity index (χ3v) is 2.56. The number of hydrogen-bond donors (Lipinski definition) is 3. The summed E-state index contributed by atoms with van der Waals surface area (Å²) in [7, 11) is 0. The smallest absolute Gasteiger partial charge is 0.150 e. The third kappa shape index (κ3) is 1.70. The number of hydrazone groups is 1. The van der Waals surface area contributed by atoms with Gasteiger partial charge in [0.05, 0.1) is 0 Å². The minimum absolute atomic E-state index is 0.0810. The van der Waals surface area contributed by atoms with Crippen molar-refractivity contribution in [3.8, 4) is 0 Å². The van der Waals surface area contributed by atoms with Crippen LogP contribution in [0, 0.1) is 0 Å². The van der Waals surface area contributed by atoms with Crippen molar-refractivity contribution in [1.29, 1.82) is 0 Å². The van der Waals surface area contributed by atoms with E-state index in [0.29, 0.717) is 4.38 Å². The molecule has 0 aromatic rings. The molecule has 0 aliphatic carbocycles. The molecule has 9 heavy (non-hydrogen) atoms. The molecule has 1 aliphatic heterocycles. The Balaban J connectivity index is 2.53. The average Bonchev–Trinajstić information content (AvgIpc) is 2.10. The number of thiol groups is 2. The number of aliphatic hydroxyl groups excluding tert-OH is 1. The summed E-state index contributed by atoms with van der Waals surface area (Å²) in [5, 5.41) is 13.9. The molecule has 0 amide bonds. The first-order valence-corrected chi connectivity index (χ1v) is 4.08. The summed E-state index contributed by atoms with van der Waals surface area (Å²) in [6.45, 7) is -0.106. The van der Waals surface area contributed by atoms with Crippen molar-refractivity contribution in [3.05, 3.63) is 0 Å². The quantitative estimate of drug-likeness (QED) is 0.514. The minimum atomic E-state index is -0.106. The van der Waals surface area contributed by atoms with E-state index in [0.717, 1.165) is 0 Å². The third-order valence-electron chi connectivity index (χ3n) is 0.825. The predicted octanol–water partition coefficient (Wildman–Crippen LogP) is 0.399. The Bertz CT molecular complexity index is 139. The van der Waals surface area contributed by atoms with E-state index >= 15 is 0 Å². The SMILES string of the molecule is OCN1N=C(S)SC1S. The Labute approximate surface area is 68.3 Å². The summed E-state index contributed by atoms with van der Waals surface area (Å²) in [4.78, 5) is 0. The molecule has 0 fully saturated rings. The van der Waals surface area contributed by atoms with Crippen molar-refractivity contribution in [3.63, 3.8) is 0 Å². The molecule has 0 spiro atoms. The molecular formula is C3H6N2OS3. The van der Waals surface area contributed by atoms with Gasteiger partial charge in [-0.05, 0) is 0 Å². The van der Waals surface area contributed by atoms with Gasteiger partial charge in [0.2, 0.25) is 0 Å². The lowest BCUT2D eigenvalue weighted by Gasteiger charge is -2.13. The van der Waals surface area contributed by atoms with Crippen molar-refractivity contribution >= 4 is 41.4 Å². The first-order valence-electron chi connectivity index (χ1n) is 2.24. The van der Waals surface area contributed by atoms with Crippen LogP contribution in [-0.2, 0) is 0 Å². The fraction of sp³-hybridized carbons (Fsp3) is 0.667. The summed E-state index contributed by atoms with van der Waals surface area (Å²) in [5.74, 6) is 0. The van der Waals surface area contributed by atoms with E-state index in [9.17, 15) is 0 Å². The van der Waals surface area contributed by atoms with Crippen LogP contribution in [0.3, 0.4) is 0 Å². The number of aliphatic hydroxyl groups is 1. The molecule has 1 heterocycles. The summed E-state index contributed by atoms with van der Waals surface area (Å²) in [5.41, 5.74) is 0. The van der Waals surface area contributed by atoms with Gasteiger partial charge in [0, 0.05) is 0 Å². The zero-order chi connectivity index (χ0) is 6.85. The number of nitrogens with zero attached hydrogens (tertiary/aromatic N) is 2. The van der Waals surface area contributed by atoms with Gasteiger partial charge in [-0.3, -0.25) is 0 Å². The molecule has 0 saturated carbocycles. The lowest BCUT2D eigenvalue weighted by atomic mass is 11.1. The highest BCUT2D eigenvalue weighted by molar-refractivity contribution is 8.35. The molecule has 1 aliphatic rings. The fourth-order valence-electron chi connectivity index (χ4n) is 0.439. The highest BCUT2D eigenvalue weighted by atomic mass is 32.2. The summed E-state index contributed by atoms with van der Waals surface area (Å²) < 4.78 is 0.562. The molecule has 0 aromatic heterocycles. The number of hydrogen-bond acceptors (Lipinski definition) is 5. The molecule has 1 rings (SSSR count). The van der Waals surface area contributed by atoms with Gasteiger partial charge in [-0.15, -0.1) is 25.3 Å². The minimum Gasteiger partial charge on any atom is -0.375 e. The van der Waals surface area contributed by atoms with Crippen molar-refractivity contribution in [2.45, 2.75) is 4.71 Å². The Kier molecular flexibility index (Phi) is 2.57. The molecule has 6 heteroatoms. The van der Waals surface area contributed by atoms with E-state index in [1.54, 1.807) is 0 Å². The first-order chi connectivity index (χ1) is 4.24. The number of thioether (sulfide) groups is 1. The zero-order valence-electron chi connectivity index (χ0n) is 4.43. The highest BCUT2D eigenvalue weighted by Gasteiger charge is 2.20. The second-order valence-corrected chi connectivity index (χ2v) is 4.04. The van der Waals surface area contributed by atoms with Crippen LogP contribution in [0.15, 0.2) is 5.10 Å². The van der Waals surface area contributed by atoms with Crippen LogP contribution in [0.2, 0.25) is 0 Å². The zero-order valence-corrected chi connectivity index (χ0v) is 7.03. The monoisotopic (exact) mass is 182 g/mol. The summed E-state index contributed by atoms with van der Waals surface area (Å²) in [6.07, 6.45) is 0. The van der Waals surface area contributed by atoms with E-state index in [-0.39, 0.29) is 11.4 Å². The number of rotatable bonds is 1. The van der Waals surface area contributed by atoms with Gasteiger partial charge in [-0.2, -0.15) is 5.10 Å². The molecule has 3 nitrogen and oxygen atoms in total. The van der Waals surface area contributed by atoms with E-state index in [2.05, 4.69) is 30.4 Å². The lowest BCUT2D eigenvalue weighted by Crippen LogP contribution is -2.20. The van der Waals surface area contributed by atoms with Crippen LogP contribution < -0.4 is 0 Å². The molecule has 1 N–H and O–H groups in total. The van der Waals surface area contributed by atoms with Gasteiger partial charge in [0.25, 0.3) is 0 Å². The standard InChI is InChI=1S/C3H6N2OS3/c6-1-5-3(8)9-2(7)4-5/h3,6,8H,1H2,(H,4,7). The van der Waals surface area contributed by atoms with E-state index in [4.69, 9.17) is 5.11 Å². The van der Waals surface area contributed by atoms with Gasteiger partial charge >= 0.3 is 0 Å². The van der Waals surface area contributed by atoms with Crippen molar-refractivity contribution in [2.75, 3.05) is 6.73 Å². The van der Waals surface area contributed by atoms with E-state index < -0.39 is 0 Å². The summed E-state index contributed by atoms with van der Waals surface area (Å²) in [6, 6.07) is 0. The molecule has 1 atom stereocenters. The van der Waals surface area contributed by atoms with Crippen LogP contribution in [0.25, 0.3) is 0 Å². The predicted molar refractivity (Wildman–Crippen MR) is 45.7 cm³/mol. The Morgan fingerprint density at radius 2 is 2.56 bits per heavy atom. The maximum atomic E-state index is 8.58. The highest BCUT2D eigenvalue weighted by Crippen LogP contribution is 2.28. The first kappa shape index (κ1) is 7.59. The molecule has 0 aromatic carbocycles. The Morgan fingerprint density at radius 3 is 2.78 bits per heavy atom. The van der Waals surface area contributed by atoms with Crippen molar-refractivity contribution in [2.24, 2.45) is 5.10 Å². The largest absolute Gasteiger partial charge is 0.375 e.